The lowest BCUT2D eigenvalue weighted by Crippen LogP contribution is -2.54. The number of nitrogens with zero attached hydrogens (tertiary/aromatic N) is 4. The Morgan fingerprint density at radius 2 is 1.42 bits per heavy atom. The molecule has 0 saturated carbocycles. The van der Waals surface area contributed by atoms with Crippen LogP contribution in [-0.4, -0.2) is 55.8 Å². The number of aromatic nitrogens is 1. The molecule has 0 aliphatic carbocycles. The van der Waals surface area contributed by atoms with Crippen molar-refractivity contribution in [2.45, 2.75) is 44.4 Å². The van der Waals surface area contributed by atoms with Crippen molar-refractivity contribution in [3.8, 4) is 11.1 Å². The molecule has 0 bridgehead atoms. The Bertz CT molecular complexity index is 1480. The molecule has 13 heteroatoms. The Labute approximate surface area is 245 Å². The summed E-state index contributed by atoms with van der Waals surface area (Å²) in [5.41, 5.74) is -1.72. The quantitative estimate of drug-likeness (QED) is 0.0996. The van der Waals surface area contributed by atoms with Crippen LogP contribution in [0.25, 0.3) is 11.1 Å². The molecule has 2 aromatic carbocycles. The number of hydrogen-bond donors (Lipinski definition) is 0. The molecule has 2 fully saturated rings. The predicted octanol–water partition coefficient (Wildman–Crippen LogP) is 6.89. The predicted molar refractivity (Wildman–Crippen MR) is 149 cm³/mol. The van der Waals surface area contributed by atoms with Gasteiger partial charge in [-0.3, -0.25) is 0 Å². The van der Waals surface area contributed by atoms with Crippen molar-refractivity contribution in [1.82, 2.24) is 4.98 Å². The Balaban J connectivity index is 1.60. The van der Waals surface area contributed by atoms with Gasteiger partial charge in [0, 0.05) is 12.6 Å². The molecule has 2 aliphatic rings. The molecule has 0 spiro atoms. The number of hydrogen-bond acceptors (Lipinski definition) is 6. The molecule has 0 atom stereocenters. The summed E-state index contributed by atoms with van der Waals surface area (Å²) in [7, 11) is 3.22. The van der Waals surface area contributed by atoms with E-state index in [0.29, 0.717) is 55.4 Å². The molecule has 43 heavy (non-hydrogen) atoms. The highest BCUT2D eigenvalue weighted by molar-refractivity contribution is 5.82. The van der Waals surface area contributed by atoms with E-state index in [9.17, 15) is 31.5 Å². The van der Waals surface area contributed by atoms with Crippen LogP contribution in [0.2, 0.25) is 0 Å². The van der Waals surface area contributed by atoms with Crippen molar-refractivity contribution in [3.63, 3.8) is 0 Å². The summed E-state index contributed by atoms with van der Waals surface area (Å²) in [4.78, 5) is 19.1. The van der Waals surface area contributed by atoms with E-state index < -0.39 is 34.8 Å². The van der Waals surface area contributed by atoms with Gasteiger partial charge in [0.2, 0.25) is 0 Å². The molecule has 3 aromatic rings. The van der Waals surface area contributed by atoms with Gasteiger partial charge in [-0.1, -0.05) is 24.3 Å². The van der Waals surface area contributed by atoms with E-state index in [1.807, 2.05) is 42.2 Å². The smallest absolute Gasteiger partial charge is 0.416 e. The number of piperazine rings is 1. The standard InChI is InChI=1S/C30H32F6N4O3/c1-19-8-6-7-9-23(19)24-17-26(39-10-12-40(5,41)13-11-39)37-18-25(24)38(4)30(42-43-30)27(2,3)20-14-21(28(31,32)33)16-22(15-20)29(34,35)36/h6-9,14-18H,10-13H2,1-5H3. The van der Waals surface area contributed by atoms with E-state index in [2.05, 4.69) is 4.98 Å². The van der Waals surface area contributed by atoms with Crippen LogP contribution in [0.5, 0.6) is 0 Å². The fourth-order valence-electron chi connectivity index (χ4n) is 5.52. The van der Waals surface area contributed by atoms with Crippen LogP contribution in [0.1, 0.15) is 36.1 Å². The third-order valence-corrected chi connectivity index (χ3v) is 8.46. The van der Waals surface area contributed by atoms with Gasteiger partial charge in [0.05, 0.1) is 61.7 Å². The van der Waals surface area contributed by atoms with Crippen molar-refractivity contribution < 1.29 is 40.8 Å². The van der Waals surface area contributed by atoms with Crippen LogP contribution < -0.4 is 9.80 Å². The van der Waals surface area contributed by atoms with Gasteiger partial charge in [0.25, 0.3) is 0 Å². The molecule has 2 aliphatic heterocycles. The van der Waals surface area contributed by atoms with Gasteiger partial charge >= 0.3 is 18.3 Å². The van der Waals surface area contributed by atoms with Crippen LogP contribution in [0.4, 0.5) is 37.8 Å². The van der Waals surface area contributed by atoms with Crippen molar-refractivity contribution >= 4 is 11.5 Å². The second-order valence-electron chi connectivity index (χ2n) is 11.8. The van der Waals surface area contributed by atoms with E-state index >= 15 is 0 Å². The maximum absolute atomic E-state index is 13.7. The van der Waals surface area contributed by atoms with Crippen molar-refractivity contribution in [3.05, 3.63) is 82.2 Å². The second-order valence-corrected chi connectivity index (χ2v) is 11.8. The summed E-state index contributed by atoms with van der Waals surface area (Å²) >= 11 is 0. The third kappa shape index (κ3) is 5.78. The molecule has 7 nitrogen and oxygen atoms in total. The minimum absolute atomic E-state index is 0.0957. The van der Waals surface area contributed by atoms with Crippen LogP contribution in [0, 0.1) is 12.1 Å². The molecule has 232 valence electrons. The van der Waals surface area contributed by atoms with Gasteiger partial charge in [0.15, 0.2) is 0 Å². The number of hydroxylamine groups is 3. The topological polar surface area (TPSA) is 67.5 Å². The molecule has 3 heterocycles. The average molecular weight is 611 g/mol. The molecule has 0 N–H and O–H groups in total. The van der Waals surface area contributed by atoms with Gasteiger partial charge in [-0.2, -0.15) is 36.1 Å². The Morgan fingerprint density at radius 1 is 0.884 bits per heavy atom. The number of quaternary nitrogens is 1. The fraction of sp³-hybridized carbons (Fsp3) is 0.433. The highest BCUT2D eigenvalue weighted by Crippen LogP contribution is 2.53. The second kappa shape index (κ2) is 10.4. The monoisotopic (exact) mass is 610 g/mol. The zero-order valence-electron chi connectivity index (χ0n) is 24.3. The highest BCUT2D eigenvalue weighted by atomic mass is 19.4. The summed E-state index contributed by atoms with van der Waals surface area (Å²) in [6.07, 6.45) is -8.44. The number of pyridine rings is 1. The SMILES string of the molecule is Cc1ccccc1-c1cc(N2CC[N+](C)([O-])CC2)ncc1N(C)C1(C(C)(C)c2cc(C(F)(F)F)cc(C(F)(F)F)c2)OO1. The maximum Gasteiger partial charge on any atom is 0.416 e. The molecular weight excluding hydrogens is 578 g/mol. The molecular formula is C30H32F6N4O3. The minimum atomic E-state index is -5.01. The lowest BCUT2D eigenvalue weighted by atomic mass is 9.79. The Kier molecular flexibility index (Phi) is 7.48. The van der Waals surface area contributed by atoms with Crippen LogP contribution in [0.3, 0.4) is 0 Å². The number of benzene rings is 2. The van der Waals surface area contributed by atoms with Gasteiger partial charge < -0.3 is 19.7 Å². The molecule has 0 unspecified atom stereocenters. The Morgan fingerprint density at radius 3 is 1.93 bits per heavy atom. The first-order chi connectivity index (χ1) is 19.9. The van der Waals surface area contributed by atoms with Crippen LogP contribution >= 0.6 is 0 Å². The largest absolute Gasteiger partial charge is 0.633 e. The summed E-state index contributed by atoms with van der Waals surface area (Å²) in [6.45, 7) is 6.62. The number of aryl methyl sites for hydroxylation is 1. The number of anilines is 2. The van der Waals surface area contributed by atoms with E-state index in [-0.39, 0.29) is 16.3 Å². The molecule has 2 saturated heterocycles. The Hall–Kier alpha value is -3.39. The molecule has 0 radical (unpaired) electrons. The van der Waals surface area contributed by atoms with Gasteiger partial charge in [-0.05, 0) is 61.7 Å². The first kappa shape index (κ1) is 31.0. The number of likely N-dealkylation sites (N-methyl/N-ethyl adjacent to an activating group) is 2. The van der Waals surface area contributed by atoms with E-state index in [0.717, 1.165) is 11.1 Å². The summed E-state index contributed by atoms with van der Waals surface area (Å²) < 4.78 is 81.9. The summed E-state index contributed by atoms with van der Waals surface area (Å²) in [5.74, 6) is -1.12. The van der Waals surface area contributed by atoms with Crippen molar-refractivity contribution in [2.24, 2.45) is 0 Å². The lowest BCUT2D eigenvalue weighted by molar-refractivity contribution is -0.861. The van der Waals surface area contributed by atoms with Crippen LogP contribution in [-0.2, 0) is 27.5 Å². The number of rotatable bonds is 6. The van der Waals surface area contributed by atoms with Crippen molar-refractivity contribution in [2.75, 3.05) is 50.1 Å². The normalized spacial score (nSPS) is 18.5. The molecule has 5 rings (SSSR count). The average Bonchev–Trinajstić information content (AvgIpc) is 3.74. The first-order valence-corrected chi connectivity index (χ1v) is 13.6. The highest BCUT2D eigenvalue weighted by Gasteiger charge is 2.66. The molecule has 1 aromatic heterocycles. The summed E-state index contributed by atoms with van der Waals surface area (Å²) in [6, 6.07) is 10.9. The number of alkyl halides is 6. The van der Waals surface area contributed by atoms with Crippen LogP contribution in [0.15, 0.2) is 54.7 Å². The maximum atomic E-state index is 13.7. The zero-order valence-corrected chi connectivity index (χ0v) is 24.3. The third-order valence-electron chi connectivity index (χ3n) is 8.46. The molecule has 0 amide bonds. The van der Waals surface area contributed by atoms with E-state index in [1.54, 1.807) is 25.2 Å². The van der Waals surface area contributed by atoms with Gasteiger partial charge in [-0.15, -0.1) is 0 Å². The minimum Gasteiger partial charge on any atom is -0.633 e. The summed E-state index contributed by atoms with van der Waals surface area (Å²) in [5, 5.41) is 12.4. The fourth-order valence-corrected chi connectivity index (χ4v) is 5.52. The number of halogens is 6. The lowest BCUT2D eigenvalue weighted by Gasteiger charge is -2.45. The van der Waals surface area contributed by atoms with Gasteiger partial charge in [-0.25, -0.2) is 4.98 Å². The van der Waals surface area contributed by atoms with E-state index in [1.165, 1.54) is 13.8 Å². The first-order valence-electron chi connectivity index (χ1n) is 13.6. The zero-order chi connectivity index (χ0) is 31.6. The van der Waals surface area contributed by atoms with Crippen molar-refractivity contribution in [1.29, 1.82) is 0 Å². The van der Waals surface area contributed by atoms with E-state index in [4.69, 9.17) is 9.78 Å². The van der Waals surface area contributed by atoms with Gasteiger partial charge in [0.1, 0.15) is 5.82 Å².